The Morgan fingerprint density at radius 1 is 0.848 bits per heavy atom. The molecule has 2 N–H and O–H groups in total. The van der Waals surface area contributed by atoms with E-state index in [4.69, 9.17) is 9.47 Å². The molecule has 174 valence electrons. The number of anilines is 2. The molecule has 3 aromatic rings. The molecule has 0 saturated heterocycles. The van der Waals surface area contributed by atoms with Crippen molar-refractivity contribution in [3.05, 3.63) is 77.9 Å². The van der Waals surface area contributed by atoms with Gasteiger partial charge in [-0.15, -0.1) is 0 Å². The first kappa shape index (κ1) is 23.9. The van der Waals surface area contributed by atoms with Gasteiger partial charge in [0.05, 0.1) is 19.8 Å². The highest BCUT2D eigenvalue weighted by atomic mass is 32.2. The molecule has 3 rings (SSSR count). The van der Waals surface area contributed by atoms with E-state index in [0.29, 0.717) is 5.75 Å². The zero-order valence-electron chi connectivity index (χ0n) is 17.4. The minimum absolute atomic E-state index is 0.0282. The standard InChI is InChI=1S/C22H19F3N2O5S/c1-31-18-10-7-16(8-11-18)27-33(29,30)20-13-17(9-12-19(20)32-2)26-21(28)14-3-5-15(6-4-14)22(23,24)25/h3-13,27H,1-2H3,(H,26,28). The molecule has 0 unspecified atom stereocenters. The van der Waals surface area contributed by atoms with Crippen molar-refractivity contribution in [3.8, 4) is 11.5 Å². The molecule has 3 aromatic carbocycles. The average Bonchev–Trinajstić information content (AvgIpc) is 2.79. The molecule has 0 aliphatic carbocycles. The Labute approximate surface area is 188 Å². The number of amides is 1. The topological polar surface area (TPSA) is 93.7 Å². The second kappa shape index (κ2) is 9.41. The van der Waals surface area contributed by atoms with Crippen molar-refractivity contribution in [1.82, 2.24) is 0 Å². The van der Waals surface area contributed by atoms with Crippen LogP contribution in [0.4, 0.5) is 24.5 Å². The van der Waals surface area contributed by atoms with Gasteiger partial charge in [0.1, 0.15) is 16.4 Å². The van der Waals surface area contributed by atoms with Crippen molar-refractivity contribution in [1.29, 1.82) is 0 Å². The van der Waals surface area contributed by atoms with E-state index in [1.54, 1.807) is 12.1 Å². The number of ether oxygens (including phenoxy) is 2. The van der Waals surface area contributed by atoms with Crippen LogP contribution >= 0.6 is 0 Å². The van der Waals surface area contributed by atoms with Gasteiger partial charge >= 0.3 is 6.18 Å². The molecule has 0 aliphatic heterocycles. The van der Waals surface area contributed by atoms with Crippen LogP contribution in [0.25, 0.3) is 0 Å². The number of carbonyl (C=O) groups is 1. The lowest BCUT2D eigenvalue weighted by Crippen LogP contribution is -2.16. The second-order valence-electron chi connectivity index (χ2n) is 6.73. The van der Waals surface area contributed by atoms with Gasteiger partial charge in [-0.25, -0.2) is 8.42 Å². The van der Waals surface area contributed by atoms with Crippen LogP contribution in [0.5, 0.6) is 11.5 Å². The Kier molecular flexibility index (Phi) is 6.82. The van der Waals surface area contributed by atoms with Gasteiger partial charge in [0.2, 0.25) is 0 Å². The lowest BCUT2D eigenvalue weighted by atomic mass is 10.1. The molecule has 0 bridgehead atoms. The van der Waals surface area contributed by atoms with Gasteiger partial charge in [-0.2, -0.15) is 13.2 Å². The van der Waals surface area contributed by atoms with E-state index >= 15 is 0 Å². The monoisotopic (exact) mass is 480 g/mol. The maximum atomic E-state index is 12.9. The van der Waals surface area contributed by atoms with E-state index in [2.05, 4.69) is 10.0 Å². The molecule has 0 spiro atoms. The number of benzene rings is 3. The summed E-state index contributed by atoms with van der Waals surface area (Å²) in [7, 11) is -1.34. The number of hydrogen-bond donors (Lipinski definition) is 2. The molecule has 0 radical (unpaired) electrons. The van der Waals surface area contributed by atoms with E-state index in [9.17, 15) is 26.4 Å². The van der Waals surface area contributed by atoms with Crippen LogP contribution in [0.1, 0.15) is 15.9 Å². The molecule has 0 saturated carbocycles. The third kappa shape index (κ3) is 5.75. The van der Waals surface area contributed by atoms with Crippen LogP contribution in [0.3, 0.4) is 0 Å². The smallest absolute Gasteiger partial charge is 0.416 e. The third-order valence-electron chi connectivity index (χ3n) is 4.53. The largest absolute Gasteiger partial charge is 0.497 e. The third-order valence-corrected chi connectivity index (χ3v) is 5.93. The van der Waals surface area contributed by atoms with Crippen molar-refractivity contribution in [2.24, 2.45) is 0 Å². The zero-order chi connectivity index (χ0) is 24.2. The van der Waals surface area contributed by atoms with Crippen LogP contribution in [0.2, 0.25) is 0 Å². The molecule has 0 atom stereocenters. The summed E-state index contributed by atoms with van der Waals surface area (Å²) in [4.78, 5) is 12.2. The Morgan fingerprint density at radius 2 is 1.45 bits per heavy atom. The van der Waals surface area contributed by atoms with Crippen molar-refractivity contribution in [2.45, 2.75) is 11.1 Å². The molecular formula is C22H19F3N2O5S. The molecule has 7 nitrogen and oxygen atoms in total. The number of rotatable bonds is 7. The van der Waals surface area contributed by atoms with Crippen LogP contribution in [0, 0.1) is 0 Å². The molecule has 0 fully saturated rings. The highest BCUT2D eigenvalue weighted by Gasteiger charge is 2.30. The van der Waals surface area contributed by atoms with E-state index in [0.717, 1.165) is 24.3 Å². The molecule has 0 aliphatic rings. The minimum atomic E-state index is -4.52. The van der Waals surface area contributed by atoms with Gasteiger partial charge in [-0.05, 0) is 66.7 Å². The summed E-state index contributed by atoms with van der Waals surface area (Å²) in [6.45, 7) is 0. The molecule has 33 heavy (non-hydrogen) atoms. The first-order valence-corrected chi connectivity index (χ1v) is 10.9. The number of carbonyl (C=O) groups excluding carboxylic acids is 1. The quantitative estimate of drug-likeness (QED) is 0.508. The first-order chi connectivity index (χ1) is 15.5. The van der Waals surface area contributed by atoms with E-state index in [1.165, 1.54) is 44.6 Å². The fourth-order valence-electron chi connectivity index (χ4n) is 2.85. The maximum Gasteiger partial charge on any atom is 0.416 e. The van der Waals surface area contributed by atoms with Gasteiger partial charge in [-0.3, -0.25) is 9.52 Å². The Balaban J connectivity index is 1.84. The average molecular weight is 480 g/mol. The number of nitrogens with one attached hydrogen (secondary N) is 2. The van der Waals surface area contributed by atoms with Crippen molar-refractivity contribution >= 4 is 27.3 Å². The Hall–Kier alpha value is -3.73. The molecule has 11 heteroatoms. The van der Waals surface area contributed by atoms with E-state index < -0.39 is 27.7 Å². The van der Waals surface area contributed by atoms with E-state index in [-0.39, 0.29) is 27.6 Å². The number of sulfonamides is 1. The molecular weight excluding hydrogens is 461 g/mol. The fraction of sp³-hybridized carbons (Fsp3) is 0.136. The number of alkyl halides is 3. The summed E-state index contributed by atoms with van der Waals surface area (Å²) in [5.74, 6) is -0.132. The summed E-state index contributed by atoms with van der Waals surface area (Å²) < 4.78 is 76.6. The minimum Gasteiger partial charge on any atom is -0.497 e. The van der Waals surface area contributed by atoms with Gasteiger partial charge in [0, 0.05) is 16.9 Å². The highest BCUT2D eigenvalue weighted by Crippen LogP contribution is 2.31. The zero-order valence-corrected chi connectivity index (χ0v) is 18.3. The molecule has 0 aromatic heterocycles. The van der Waals surface area contributed by atoms with Gasteiger partial charge < -0.3 is 14.8 Å². The molecule has 1 amide bonds. The van der Waals surface area contributed by atoms with Crippen LogP contribution < -0.4 is 19.5 Å². The number of hydrogen-bond acceptors (Lipinski definition) is 5. The van der Waals surface area contributed by atoms with E-state index in [1.807, 2.05) is 0 Å². The van der Waals surface area contributed by atoms with Gasteiger partial charge in [0.25, 0.3) is 15.9 Å². The lowest BCUT2D eigenvalue weighted by molar-refractivity contribution is -0.137. The molecule has 0 heterocycles. The normalized spacial score (nSPS) is 11.5. The van der Waals surface area contributed by atoms with Gasteiger partial charge in [-0.1, -0.05) is 0 Å². The van der Waals surface area contributed by atoms with Crippen molar-refractivity contribution < 1.29 is 35.9 Å². The fourth-order valence-corrected chi connectivity index (χ4v) is 4.10. The SMILES string of the molecule is COc1ccc(NS(=O)(=O)c2cc(NC(=O)c3ccc(C(F)(F)F)cc3)ccc2OC)cc1. The van der Waals surface area contributed by atoms with Crippen molar-refractivity contribution in [2.75, 3.05) is 24.3 Å². The summed E-state index contributed by atoms with van der Waals surface area (Å²) in [6, 6.07) is 13.8. The summed E-state index contributed by atoms with van der Waals surface area (Å²) in [5, 5.41) is 2.47. The Bertz CT molecular complexity index is 1240. The highest BCUT2D eigenvalue weighted by molar-refractivity contribution is 7.92. The van der Waals surface area contributed by atoms with Crippen LogP contribution in [0.15, 0.2) is 71.6 Å². The number of methoxy groups -OCH3 is 2. The van der Waals surface area contributed by atoms with Crippen molar-refractivity contribution in [3.63, 3.8) is 0 Å². The van der Waals surface area contributed by atoms with Crippen LogP contribution in [-0.2, 0) is 16.2 Å². The summed E-state index contributed by atoms with van der Waals surface area (Å²) >= 11 is 0. The van der Waals surface area contributed by atoms with Gasteiger partial charge in [0.15, 0.2) is 0 Å². The Morgan fingerprint density at radius 3 is 2.00 bits per heavy atom. The second-order valence-corrected chi connectivity index (χ2v) is 8.38. The maximum absolute atomic E-state index is 12.9. The predicted molar refractivity (Wildman–Crippen MR) is 116 cm³/mol. The summed E-state index contributed by atoms with van der Waals surface area (Å²) in [5.41, 5.74) is -0.533. The summed E-state index contributed by atoms with van der Waals surface area (Å²) in [6.07, 6.45) is -4.52. The van der Waals surface area contributed by atoms with Crippen LogP contribution in [-0.4, -0.2) is 28.5 Å². The number of halogens is 3. The first-order valence-electron chi connectivity index (χ1n) is 9.37. The lowest BCUT2D eigenvalue weighted by Gasteiger charge is -2.14. The predicted octanol–water partition coefficient (Wildman–Crippen LogP) is 4.78.